The lowest BCUT2D eigenvalue weighted by Crippen LogP contribution is -2.62. The Morgan fingerprint density at radius 2 is 1.33 bits per heavy atom. The molecule has 2 nitrogen and oxygen atoms in total. The zero-order valence-corrected chi connectivity index (χ0v) is 15.6. The SMILES string of the molecule is CCCCCCN(CCCC)C1CC(C)(C)NC(C)(C)C1. The van der Waals surface area contributed by atoms with Gasteiger partial charge in [0.05, 0.1) is 0 Å². The highest BCUT2D eigenvalue weighted by atomic mass is 15.2. The number of hydrogen-bond acceptors (Lipinski definition) is 2. The Kier molecular flexibility index (Phi) is 7.70. The standard InChI is InChI=1S/C19H40N2/c1-7-9-11-12-14-21(13-10-8-2)17-15-18(3,4)20-19(5,6)16-17/h17,20H,7-16H2,1-6H3. The van der Waals surface area contributed by atoms with Crippen LogP contribution in [0.2, 0.25) is 0 Å². The molecule has 0 saturated carbocycles. The van der Waals surface area contributed by atoms with Crippen molar-refractivity contribution >= 4 is 0 Å². The van der Waals surface area contributed by atoms with Crippen molar-refractivity contribution in [3.8, 4) is 0 Å². The number of nitrogens with one attached hydrogen (secondary N) is 1. The molecule has 0 aliphatic carbocycles. The van der Waals surface area contributed by atoms with E-state index in [1.165, 1.54) is 64.5 Å². The molecule has 0 amide bonds. The molecular weight excluding hydrogens is 256 g/mol. The quantitative estimate of drug-likeness (QED) is 0.604. The summed E-state index contributed by atoms with van der Waals surface area (Å²) in [6, 6.07) is 0.754. The third-order valence-electron chi connectivity index (χ3n) is 4.78. The molecule has 0 bridgehead atoms. The van der Waals surface area contributed by atoms with Gasteiger partial charge in [-0.25, -0.2) is 0 Å². The maximum Gasteiger partial charge on any atom is 0.0145 e. The predicted octanol–water partition coefficient (Wildman–Crippen LogP) is 4.98. The summed E-state index contributed by atoms with van der Waals surface area (Å²) >= 11 is 0. The summed E-state index contributed by atoms with van der Waals surface area (Å²) in [6.07, 6.45) is 10.7. The first-order chi connectivity index (χ1) is 9.79. The van der Waals surface area contributed by atoms with E-state index >= 15 is 0 Å². The second kappa shape index (κ2) is 8.53. The van der Waals surface area contributed by atoms with E-state index in [1.807, 2.05) is 0 Å². The van der Waals surface area contributed by atoms with Crippen molar-refractivity contribution in [2.45, 2.75) is 110 Å². The molecule has 126 valence electrons. The highest BCUT2D eigenvalue weighted by Gasteiger charge is 2.39. The van der Waals surface area contributed by atoms with E-state index < -0.39 is 0 Å². The van der Waals surface area contributed by atoms with Crippen LogP contribution in [-0.4, -0.2) is 35.1 Å². The van der Waals surface area contributed by atoms with Gasteiger partial charge in [-0.1, -0.05) is 39.5 Å². The van der Waals surface area contributed by atoms with Crippen LogP contribution in [0.1, 0.15) is 92.9 Å². The van der Waals surface area contributed by atoms with Gasteiger partial charge in [0, 0.05) is 17.1 Å². The molecule has 1 saturated heterocycles. The van der Waals surface area contributed by atoms with E-state index in [9.17, 15) is 0 Å². The molecule has 1 N–H and O–H groups in total. The molecule has 1 aliphatic heterocycles. The first-order valence-electron chi connectivity index (χ1n) is 9.33. The van der Waals surface area contributed by atoms with Crippen LogP contribution in [0.4, 0.5) is 0 Å². The molecule has 1 fully saturated rings. The molecule has 1 rings (SSSR count). The van der Waals surface area contributed by atoms with Gasteiger partial charge in [-0.05, 0) is 66.5 Å². The highest BCUT2D eigenvalue weighted by molar-refractivity contribution is 5.00. The van der Waals surface area contributed by atoms with Crippen molar-refractivity contribution in [3.63, 3.8) is 0 Å². The largest absolute Gasteiger partial charge is 0.307 e. The van der Waals surface area contributed by atoms with E-state index in [1.54, 1.807) is 0 Å². The molecule has 1 heterocycles. The summed E-state index contributed by atoms with van der Waals surface area (Å²) in [5.74, 6) is 0. The third-order valence-corrected chi connectivity index (χ3v) is 4.78. The zero-order chi connectivity index (χ0) is 15.9. The first-order valence-corrected chi connectivity index (χ1v) is 9.33. The van der Waals surface area contributed by atoms with Crippen LogP contribution >= 0.6 is 0 Å². The van der Waals surface area contributed by atoms with E-state index in [-0.39, 0.29) is 11.1 Å². The van der Waals surface area contributed by atoms with Gasteiger partial charge in [0.15, 0.2) is 0 Å². The number of hydrogen-bond donors (Lipinski definition) is 1. The topological polar surface area (TPSA) is 15.3 Å². The second-order valence-corrected chi connectivity index (χ2v) is 8.41. The molecule has 2 heteroatoms. The minimum atomic E-state index is 0.264. The fraction of sp³-hybridized carbons (Fsp3) is 1.00. The number of nitrogens with zero attached hydrogens (tertiary/aromatic N) is 1. The zero-order valence-electron chi connectivity index (χ0n) is 15.6. The Bertz CT molecular complexity index is 267. The average Bonchev–Trinajstić information content (AvgIpc) is 2.34. The van der Waals surface area contributed by atoms with Gasteiger partial charge < -0.3 is 10.2 Å². The van der Waals surface area contributed by atoms with Gasteiger partial charge in [0.1, 0.15) is 0 Å². The first kappa shape index (κ1) is 19.0. The molecule has 0 aromatic carbocycles. The Hall–Kier alpha value is -0.0800. The van der Waals surface area contributed by atoms with Crippen LogP contribution in [-0.2, 0) is 0 Å². The van der Waals surface area contributed by atoms with E-state index in [2.05, 4.69) is 51.8 Å². The summed E-state index contributed by atoms with van der Waals surface area (Å²) in [5, 5.41) is 3.82. The van der Waals surface area contributed by atoms with Crippen LogP contribution in [0.15, 0.2) is 0 Å². The van der Waals surface area contributed by atoms with E-state index in [0.29, 0.717) is 0 Å². The van der Waals surface area contributed by atoms with Gasteiger partial charge in [-0.2, -0.15) is 0 Å². The molecular formula is C19H40N2. The average molecular weight is 297 g/mol. The van der Waals surface area contributed by atoms with Crippen molar-refractivity contribution < 1.29 is 0 Å². The number of piperidine rings is 1. The molecule has 0 unspecified atom stereocenters. The van der Waals surface area contributed by atoms with Crippen LogP contribution in [0.25, 0.3) is 0 Å². The van der Waals surface area contributed by atoms with Gasteiger partial charge >= 0.3 is 0 Å². The van der Waals surface area contributed by atoms with Crippen molar-refractivity contribution in [3.05, 3.63) is 0 Å². The Balaban J connectivity index is 2.62. The van der Waals surface area contributed by atoms with Crippen LogP contribution in [0.5, 0.6) is 0 Å². The Morgan fingerprint density at radius 1 is 0.810 bits per heavy atom. The maximum absolute atomic E-state index is 3.82. The van der Waals surface area contributed by atoms with E-state index in [4.69, 9.17) is 0 Å². The molecule has 1 aliphatic rings. The van der Waals surface area contributed by atoms with E-state index in [0.717, 1.165) is 6.04 Å². The Labute approximate surface area is 134 Å². The minimum Gasteiger partial charge on any atom is -0.307 e. The molecule has 0 spiro atoms. The van der Waals surface area contributed by atoms with Gasteiger partial charge in [-0.15, -0.1) is 0 Å². The van der Waals surface area contributed by atoms with Gasteiger partial charge in [0.2, 0.25) is 0 Å². The molecule has 0 aromatic rings. The fourth-order valence-corrected chi connectivity index (χ4v) is 4.11. The lowest BCUT2D eigenvalue weighted by Gasteiger charge is -2.50. The summed E-state index contributed by atoms with van der Waals surface area (Å²) in [6.45, 7) is 16.7. The summed E-state index contributed by atoms with van der Waals surface area (Å²) in [4.78, 5) is 2.81. The maximum atomic E-state index is 3.82. The van der Waals surface area contributed by atoms with Crippen molar-refractivity contribution in [2.75, 3.05) is 13.1 Å². The van der Waals surface area contributed by atoms with Crippen molar-refractivity contribution in [2.24, 2.45) is 0 Å². The molecule has 0 radical (unpaired) electrons. The fourth-order valence-electron chi connectivity index (χ4n) is 4.11. The summed E-state index contributed by atoms with van der Waals surface area (Å²) in [5.41, 5.74) is 0.528. The number of rotatable bonds is 9. The van der Waals surface area contributed by atoms with Crippen molar-refractivity contribution in [1.82, 2.24) is 10.2 Å². The van der Waals surface area contributed by atoms with Gasteiger partial charge in [-0.3, -0.25) is 0 Å². The third kappa shape index (κ3) is 7.15. The lowest BCUT2D eigenvalue weighted by molar-refractivity contribution is 0.0639. The molecule has 21 heavy (non-hydrogen) atoms. The lowest BCUT2D eigenvalue weighted by atomic mass is 9.79. The number of unbranched alkanes of at least 4 members (excludes halogenated alkanes) is 4. The van der Waals surface area contributed by atoms with Crippen LogP contribution in [0.3, 0.4) is 0 Å². The molecule has 0 atom stereocenters. The van der Waals surface area contributed by atoms with Gasteiger partial charge in [0.25, 0.3) is 0 Å². The second-order valence-electron chi connectivity index (χ2n) is 8.41. The summed E-state index contributed by atoms with van der Waals surface area (Å²) in [7, 11) is 0. The van der Waals surface area contributed by atoms with Crippen LogP contribution in [0, 0.1) is 0 Å². The predicted molar refractivity (Wildman–Crippen MR) is 94.9 cm³/mol. The van der Waals surface area contributed by atoms with Crippen molar-refractivity contribution in [1.29, 1.82) is 0 Å². The summed E-state index contributed by atoms with van der Waals surface area (Å²) < 4.78 is 0. The molecule has 0 aromatic heterocycles. The normalized spacial score (nSPS) is 21.9. The monoisotopic (exact) mass is 296 g/mol. The Morgan fingerprint density at radius 3 is 1.86 bits per heavy atom. The highest BCUT2D eigenvalue weighted by Crippen LogP contribution is 2.31. The smallest absolute Gasteiger partial charge is 0.0145 e. The minimum absolute atomic E-state index is 0.264. The van der Waals surface area contributed by atoms with Crippen LogP contribution < -0.4 is 5.32 Å².